The molecular formula is C11H14FNO3S. The number of halogens is 1. The predicted octanol–water partition coefficient (Wildman–Crippen LogP) is 1.72. The minimum absolute atomic E-state index is 0.163. The topological polar surface area (TPSA) is 63.2 Å². The van der Waals surface area contributed by atoms with Gasteiger partial charge in [-0.3, -0.25) is 4.79 Å². The Bertz CT molecular complexity index is 538. The molecule has 0 aromatic heterocycles. The number of hydrogen-bond acceptors (Lipinski definition) is 3. The summed E-state index contributed by atoms with van der Waals surface area (Å²) < 4.78 is 39.3. The van der Waals surface area contributed by atoms with Gasteiger partial charge in [0.05, 0.1) is 0 Å². The molecule has 0 fully saturated rings. The largest absolute Gasteiger partial charge is 0.295 e. The van der Waals surface area contributed by atoms with Crippen LogP contribution >= 0.6 is 0 Å². The predicted molar refractivity (Wildman–Crippen MR) is 61.9 cm³/mol. The summed E-state index contributed by atoms with van der Waals surface area (Å²) in [6, 6.07) is 2.93. The van der Waals surface area contributed by atoms with E-state index in [0.717, 1.165) is 12.1 Å². The van der Waals surface area contributed by atoms with Crippen LogP contribution in [0.15, 0.2) is 23.1 Å². The maximum atomic E-state index is 13.4. The number of sulfonamides is 1. The number of Topliss-reactive ketones (excluding diaryl/α,β-unsaturated/α-hetero) is 1. The average molecular weight is 259 g/mol. The first-order valence-electron chi connectivity index (χ1n) is 5.07. The molecule has 0 aliphatic carbocycles. The number of carbonyl (C=O) groups is 1. The van der Waals surface area contributed by atoms with Gasteiger partial charge >= 0.3 is 0 Å². The minimum atomic E-state index is -3.92. The molecule has 1 aromatic rings. The van der Waals surface area contributed by atoms with E-state index in [1.165, 1.54) is 13.0 Å². The van der Waals surface area contributed by atoms with Crippen LogP contribution in [0, 0.1) is 5.82 Å². The van der Waals surface area contributed by atoms with E-state index in [0.29, 0.717) is 0 Å². The van der Waals surface area contributed by atoms with Crippen LogP contribution in [-0.4, -0.2) is 20.2 Å². The number of hydrogen-bond donors (Lipinski definition) is 1. The number of ketones is 1. The highest BCUT2D eigenvalue weighted by Gasteiger charge is 2.21. The molecule has 1 N–H and O–H groups in total. The van der Waals surface area contributed by atoms with Crippen LogP contribution in [0.1, 0.15) is 31.1 Å². The lowest BCUT2D eigenvalue weighted by Gasteiger charge is -2.10. The van der Waals surface area contributed by atoms with Crippen molar-refractivity contribution in [1.29, 1.82) is 0 Å². The van der Waals surface area contributed by atoms with Gasteiger partial charge in [0.25, 0.3) is 0 Å². The summed E-state index contributed by atoms with van der Waals surface area (Å²) in [4.78, 5) is 10.6. The fraction of sp³-hybridized carbons (Fsp3) is 0.364. The molecule has 0 spiro atoms. The van der Waals surface area contributed by atoms with E-state index in [2.05, 4.69) is 4.72 Å². The highest BCUT2D eigenvalue weighted by atomic mass is 32.2. The summed E-state index contributed by atoms with van der Waals surface area (Å²) in [6.45, 7) is 4.55. The molecule has 4 nitrogen and oxygen atoms in total. The molecule has 0 bridgehead atoms. The monoisotopic (exact) mass is 259 g/mol. The molecule has 0 atom stereocenters. The fourth-order valence-electron chi connectivity index (χ4n) is 1.30. The molecule has 0 aliphatic rings. The van der Waals surface area contributed by atoms with Crippen molar-refractivity contribution in [2.24, 2.45) is 0 Å². The molecule has 0 unspecified atom stereocenters. The van der Waals surface area contributed by atoms with E-state index in [-0.39, 0.29) is 17.4 Å². The van der Waals surface area contributed by atoms with Gasteiger partial charge < -0.3 is 0 Å². The molecule has 0 heterocycles. The summed E-state index contributed by atoms with van der Waals surface area (Å²) >= 11 is 0. The van der Waals surface area contributed by atoms with Crippen molar-refractivity contribution in [1.82, 2.24) is 4.72 Å². The summed E-state index contributed by atoms with van der Waals surface area (Å²) in [7, 11) is -3.92. The van der Waals surface area contributed by atoms with Crippen LogP contribution in [0.2, 0.25) is 0 Å². The average Bonchev–Trinajstić information content (AvgIpc) is 2.15. The summed E-state index contributed by atoms with van der Waals surface area (Å²) in [5, 5.41) is 0. The molecular weight excluding hydrogens is 245 g/mol. The van der Waals surface area contributed by atoms with Crippen molar-refractivity contribution in [3.63, 3.8) is 0 Å². The lowest BCUT2D eigenvalue weighted by Crippen LogP contribution is -2.31. The van der Waals surface area contributed by atoms with Crippen molar-refractivity contribution in [3.05, 3.63) is 29.6 Å². The Balaban J connectivity index is 3.30. The fourth-order valence-corrected chi connectivity index (χ4v) is 2.66. The third-order valence-corrected chi connectivity index (χ3v) is 3.69. The summed E-state index contributed by atoms with van der Waals surface area (Å²) in [5.41, 5.74) is 0.163. The number of rotatable bonds is 4. The zero-order chi connectivity index (χ0) is 13.2. The van der Waals surface area contributed by atoms with E-state index in [1.807, 2.05) is 0 Å². The van der Waals surface area contributed by atoms with Crippen LogP contribution < -0.4 is 4.72 Å². The Kier molecular flexibility index (Phi) is 4.00. The molecule has 0 saturated carbocycles. The quantitative estimate of drug-likeness (QED) is 0.837. The van der Waals surface area contributed by atoms with Gasteiger partial charge in [-0.05, 0) is 39.0 Å². The smallest absolute Gasteiger partial charge is 0.243 e. The van der Waals surface area contributed by atoms with Crippen LogP contribution in [0.25, 0.3) is 0 Å². The van der Waals surface area contributed by atoms with Gasteiger partial charge in [-0.2, -0.15) is 0 Å². The third-order valence-electron chi connectivity index (χ3n) is 2.02. The van der Waals surface area contributed by atoms with Crippen molar-refractivity contribution < 1.29 is 17.6 Å². The lowest BCUT2D eigenvalue weighted by atomic mass is 10.1. The van der Waals surface area contributed by atoms with Crippen LogP contribution in [0.4, 0.5) is 4.39 Å². The van der Waals surface area contributed by atoms with Gasteiger partial charge in [-0.15, -0.1) is 0 Å². The molecule has 17 heavy (non-hydrogen) atoms. The second-order valence-electron chi connectivity index (χ2n) is 3.98. The Morgan fingerprint density at radius 3 is 2.41 bits per heavy atom. The van der Waals surface area contributed by atoms with Gasteiger partial charge in [-0.1, -0.05) is 0 Å². The molecule has 94 valence electrons. The van der Waals surface area contributed by atoms with E-state index in [4.69, 9.17) is 0 Å². The molecule has 0 saturated heterocycles. The zero-order valence-corrected chi connectivity index (χ0v) is 10.6. The second-order valence-corrected chi connectivity index (χ2v) is 5.66. The van der Waals surface area contributed by atoms with Crippen molar-refractivity contribution >= 4 is 15.8 Å². The van der Waals surface area contributed by atoms with Crippen LogP contribution in [-0.2, 0) is 10.0 Å². The van der Waals surface area contributed by atoms with E-state index < -0.39 is 20.7 Å². The Morgan fingerprint density at radius 1 is 1.35 bits per heavy atom. The lowest BCUT2D eigenvalue weighted by molar-refractivity contribution is 0.101. The first-order valence-corrected chi connectivity index (χ1v) is 6.55. The van der Waals surface area contributed by atoms with E-state index in [1.54, 1.807) is 13.8 Å². The summed E-state index contributed by atoms with van der Waals surface area (Å²) in [5.74, 6) is -1.19. The first-order chi connectivity index (χ1) is 7.74. The van der Waals surface area contributed by atoms with E-state index >= 15 is 0 Å². The maximum Gasteiger partial charge on any atom is 0.243 e. The van der Waals surface area contributed by atoms with Gasteiger partial charge in [0.2, 0.25) is 10.0 Å². The highest BCUT2D eigenvalue weighted by molar-refractivity contribution is 7.89. The van der Waals surface area contributed by atoms with Gasteiger partial charge in [-0.25, -0.2) is 17.5 Å². The third kappa shape index (κ3) is 3.34. The SMILES string of the molecule is CC(=O)c1ccc(F)c(S(=O)(=O)NC(C)C)c1. The van der Waals surface area contributed by atoms with Gasteiger partial charge in [0.1, 0.15) is 10.7 Å². The first kappa shape index (κ1) is 13.8. The standard InChI is InChI=1S/C11H14FNO3S/c1-7(2)13-17(15,16)11-6-9(8(3)14)4-5-10(11)12/h4-7,13H,1-3H3. The zero-order valence-electron chi connectivity index (χ0n) is 9.82. The number of carbonyl (C=O) groups excluding carboxylic acids is 1. The van der Waals surface area contributed by atoms with Crippen molar-refractivity contribution in [2.45, 2.75) is 31.7 Å². The highest BCUT2D eigenvalue weighted by Crippen LogP contribution is 2.17. The van der Waals surface area contributed by atoms with Crippen molar-refractivity contribution in [2.75, 3.05) is 0 Å². The van der Waals surface area contributed by atoms with Crippen LogP contribution in [0.3, 0.4) is 0 Å². The van der Waals surface area contributed by atoms with Gasteiger partial charge in [0.15, 0.2) is 5.78 Å². The molecule has 0 amide bonds. The summed E-state index contributed by atoms with van der Waals surface area (Å²) in [6.07, 6.45) is 0. The molecule has 1 rings (SSSR count). The maximum absolute atomic E-state index is 13.4. The second kappa shape index (κ2) is 4.93. The minimum Gasteiger partial charge on any atom is -0.295 e. The Hall–Kier alpha value is -1.27. The molecule has 0 aliphatic heterocycles. The Morgan fingerprint density at radius 2 is 1.94 bits per heavy atom. The van der Waals surface area contributed by atoms with Crippen molar-refractivity contribution in [3.8, 4) is 0 Å². The Labute approximate surface area is 99.9 Å². The van der Waals surface area contributed by atoms with Gasteiger partial charge in [0, 0.05) is 11.6 Å². The molecule has 1 aromatic carbocycles. The molecule has 6 heteroatoms. The molecule has 0 radical (unpaired) electrons. The number of nitrogens with one attached hydrogen (secondary N) is 1. The number of benzene rings is 1. The van der Waals surface area contributed by atoms with Crippen LogP contribution in [0.5, 0.6) is 0 Å². The normalized spacial score (nSPS) is 11.8. The van der Waals surface area contributed by atoms with E-state index in [9.17, 15) is 17.6 Å².